The van der Waals surface area contributed by atoms with Crippen LogP contribution in [0.25, 0.3) is 5.82 Å². The van der Waals surface area contributed by atoms with Crippen molar-refractivity contribution in [2.75, 3.05) is 5.32 Å². The SMILES string of the molecule is Cc1cccc(-n2nc(C)cc2Oc2ccnc(Nc3cnn(CC(C)C)c3)c2)n1. The lowest BCUT2D eigenvalue weighted by Gasteiger charge is -2.10. The minimum atomic E-state index is 0.531. The Balaban J connectivity index is 1.53. The van der Waals surface area contributed by atoms with Crippen LogP contribution >= 0.6 is 0 Å². The number of ether oxygens (including phenoxy) is 1. The zero-order valence-corrected chi connectivity index (χ0v) is 17.6. The maximum Gasteiger partial charge on any atom is 0.224 e. The van der Waals surface area contributed by atoms with Gasteiger partial charge in [-0.3, -0.25) is 4.68 Å². The van der Waals surface area contributed by atoms with Crippen molar-refractivity contribution < 1.29 is 4.74 Å². The number of aromatic nitrogens is 6. The fourth-order valence-electron chi connectivity index (χ4n) is 3.07. The van der Waals surface area contributed by atoms with Crippen molar-refractivity contribution in [3.8, 4) is 17.4 Å². The maximum absolute atomic E-state index is 6.12. The van der Waals surface area contributed by atoms with Gasteiger partial charge in [0.25, 0.3) is 0 Å². The lowest BCUT2D eigenvalue weighted by atomic mass is 10.2. The second kappa shape index (κ2) is 8.36. The van der Waals surface area contributed by atoms with E-state index in [0.29, 0.717) is 29.2 Å². The molecule has 154 valence electrons. The Morgan fingerprint density at radius 1 is 1.10 bits per heavy atom. The molecule has 0 radical (unpaired) electrons. The molecule has 0 atom stereocenters. The van der Waals surface area contributed by atoms with E-state index in [1.165, 1.54) is 0 Å². The molecule has 0 amide bonds. The van der Waals surface area contributed by atoms with E-state index in [1.54, 1.807) is 17.1 Å². The van der Waals surface area contributed by atoms with E-state index in [0.717, 1.165) is 23.6 Å². The number of nitrogens with zero attached hydrogens (tertiary/aromatic N) is 6. The first-order valence-corrected chi connectivity index (χ1v) is 9.90. The van der Waals surface area contributed by atoms with Crippen LogP contribution in [0.15, 0.2) is 55.0 Å². The summed E-state index contributed by atoms with van der Waals surface area (Å²) in [7, 11) is 0. The molecule has 8 heteroatoms. The largest absolute Gasteiger partial charge is 0.439 e. The Hall–Kier alpha value is -3.68. The summed E-state index contributed by atoms with van der Waals surface area (Å²) in [6, 6.07) is 11.3. The van der Waals surface area contributed by atoms with E-state index in [2.05, 4.69) is 39.3 Å². The van der Waals surface area contributed by atoms with Crippen LogP contribution in [0.1, 0.15) is 25.2 Å². The van der Waals surface area contributed by atoms with E-state index in [4.69, 9.17) is 4.74 Å². The van der Waals surface area contributed by atoms with Crippen molar-refractivity contribution in [3.05, 3.63) is 66.4 Å². The van der Waals surface area contributed by atoms with Crippen molar-refractivity contribution >= 4 is 11.5 Å². The number of nitrogens with one attached hydrogen (secondary N) is 1. The first-order valence-electron chi connectivity index (χ1n) is 9.90. The predicted molar refractivity (Wildman–Crippen MR) is 115 cm³/mol. The molecule has 1 N–H and O–H groups in total. The van der Waals surface area contributed by atoms with Crippen molar-refractivity contribution in [1.29, 1.82) is 0 Å². The monoisotopic (exact) mass is 403 g/mol. The average Bonchev–Trinajstić information content (AvgIpc) is 3.27. The van der Waals surface area contributed by atoms with Gasteiger partial charge in [0.15, 0.2) is 5.82 Å². The van der Waals surface area contributed by atoms with Gasteiger partial charge in [0.05, 0.1) is 17.6 Å². The third-order valence-corrected chi connectivity index (χ3v) is 4.30. The quantitative estimate of drug-likeness (QED) is 0.483. The first-order chi connectivity index (χ1) is 14.5. The number of rotatable bonds is 7. The molecule has 0 spiro atoms. The Bertz CT molecular complexity index is 1150. The zero-order valence-electron chi connectivity index (χ0n) is 17.6. The average molecular weight is 403 g/mol. The van der Waals surface area contributed by atoms with Crippen LogP contribution in [0, 0.1) is 19.8 Å². The van der Waals surface area contributed by atoms with Gasteiger partial charge < -0.3 is 10.1 Å². The minimum Gasteiger partial charge on any atom is -0.439 e. The van der Waals surface area contributed by atoms with Gasteiger partial charge in [-0.05, 0) is 38.0 Å². The molecule has 4 aromatic rings. The van der Waals surface area contributed by atoms with Crippen molar-refractivity contribution in [2.24, 2.45) is 5.92 Å². The molecule has 0 aliphatic carbocycles. The fraction of sp³-hybridized carbons (Fsp3) is 0.273. The fourth-order valence-corrected chi connectivity index (χ4v) is 3.07. The van der Waals surface area contributed by atoms with E-state index in [1.807, 2.05) is 61.1 Å². The van der Waals surface area contributed by atoms with Crippen molar-refractivity contribution in [3.63, 3.8) is 0 Å². The summed E-state index contributed by atoms with van der Waals surface area (Å²) in [5, 5.41) is 12.2. The van der Waals surface area contributed by atoms with Crippen LogP contribution in [0.5, 0.6) is 11.6 Å². The Morgan fingerprint density at radius 2 is 1.97 bits per heavy atom. The predicted octanol–water partition coefficient (Wildman–Crippen LogP) is 4.67. The molecule has 0 aliphatic heterocycles. The smallest absolute Gasteiger partial charge is 0.224 e. The maximum atomic E-state index is 6.12. The van der Waals surface area contributed by atoms with Crippen LogP contribution in [-0.2, 0) is 6.54 Å². The molecule has 0 bridgehead atoms. The summed E-state index contributed by atoms with van der Waals surface area (Å²) in [6.07, 6.45) is 5.46. The number of pyridine rings is 2. The van der Waals surface area contributed by atoms with Gasteiger partial charge in [-0.25, -0.2) is 9.97 Å². The van der Waals surface area contributed by atoms with Crippen LogP contribution < -0.4 is 10.1 Å². The molecule has 0 aromatic carbocycles. The molecular weight excluding hydrogens is 378 g/mol. The van der Waals surface area contributed by atoms with Crippen molar-refractivity contribution in [1.82, 2.24) is 29.5 Å². The third-order valence-electron chi connectivity index (χ3n) is 4.30. The molecule has 4 aromatic heterocycles. The van der Waals surface area contributed by atoms with Crippen LogP contribution in [-0.4, -0.2) is 29.5 Å². The molecule has 0 unspecified atom stereocenters. The molecule has 4 heterocycles. The lowest BCUT2D eigenvalue weighted by Crippen LogP contribution is -2.04. The highest BCUT2D eigenvalue weighted by atomic mass is 16.5. The third kappa shape index (κ3) is 4.65. The van der Waals surface area contributed by atoms with Gasteiger partial charge >= 0.3 is 0 Å². The van der Waals surface area contributed by atoms with E-state index >= 15 is 0 Å². The number of aryl methyl sites for hydroxylation is 2. The van der Waals surface area contributed by atoms with Gasteiger partial charge in [0.2, 0.25) is 5.88 Å². The second-order valence-corrected chi connectivity index (χ2v) is 7.62. The number of hydrogen-bond acceptors (Lipinski definition) is 6. The Kier molecular flexibility index (Phi) is 5.47. The molecule has 30 heavy (non-hydrogen) atoms. The molecule has 0 saturated heterocycles. The zero-order chi connectivity index (χ0) is 21.1. The summed E-state index contributed by atoms with van der Waals surface area (Å²) in [5.74, 6) is 3.16. The Morgan fingerprint density at radius 3 is 2.77 bits per heavy atom. The topological polar surface area (TPSA) is 82.7 Å². The summed E-state index contributed by atoms with van der Waals surface area (Å²) in [6.45, 7) is 9.07. The second-order valence-electron chi connectivity index (χ2n) is 7.62. The standard InChI is InChI=1S/C22H25N7O/c1-15(2)13-28-14-18(12-24-28)26-20-11-19(8-9-23-20)30-22-10-17(4)27-29(22)21-7-5-6-16(3)25-21/h5-12,14-15H,13H2,1-4H3,(H,23,26). The van der Waals surface area contributed by atoms with E-state index in [9.17, 15) is 0 Å². The molecule has 4 rings (SSSR count). The van der Waals surface area contributed by atoms with Crippen LogP contribution in [0.3, 0.4) is 0 Å². The molecule has 0 aliphatic rings. The molecule has 0 fully saturated rings. The summed E-state index contributed by atoms with van der Waals surface area (Å²) < 4.78 is 9.74. The highest BCUT2D eigenvalue weighted by Gasteiger charge is 2.12. The van der Waals surface area contributed by atoms with Gasteiger partial charge in [-0.2, -0.15) is 14.9 Å². The summed E-state index contributed by atoms with van der Waals surface area (Å²) in [4.78, 5) is 8.92. The highest BCUT2D eigenvalue weighted by molar-refractivity contribution is 5.55. The minimum absolute atomic E-state index is 0.531. The molecule has 0 saturated carbocycles. The highest BCUT2D eigenvalue weighted by Crippen LogP contribution is 2.27. The normalized spacial score (nSPS) is 11.1. The van der Waals surface area contributed by atoms with Gasteiger partial charge in [0, 0.05) is 36.8 Å². The van der Waals surface area contributed by atoms with Crippen LogP contribution in [0.4, 0.5) is 11.5 Å². The molecular formula is C22H25N7O. The van der Waals surface area contributed by atoms with Gasteiger partial charge in [-0.1, -0.05) is 19.9 Å². The Labute approximate surface area is 175 Å². The van der Waals surface area contributed by atoms with Gasteiger partial charge in [0.1, 0.15) is 11.6 Å². The summed E-state index contributed by atoms with van der Waals surface area (Å²) in [5.41, 5.74) is 2.64. The molecule has 8 nitrogen and oxygen atoms in total. The van der Waals surface area contributed by atoms with Gasteiger partial charge in [-0.15, -0.1) is 0 Å². The van der Waals surface area contributed by atoms with Crippen molar-refractivity contribution in [2.45, 2.75) is 34.2 Å². The van der Waals surface area contributed by atoms with E-state index in [-0.39, 0.29) is 0 Å². The lowest BCUT2D eigenvalue weighted by molar-refractivity contribution is 0.442. The first kappa shape index (κ1) is 19.6. The van der Waals surface area contributed by atoms with E-state index < -0.39 is 0 Å². The van der Waals surface area contributed by atoms with Crippen LogP contribution in [0.2, 0.25) is 0 Å². The number of hydrogen-bond donors (Lipinski definition) is 1. The summed E-state index contributed by atoms with van der Waals surface area (Å²) >= 11 is 0. The number of anilines is 2.